The fourth-order valence-electron chi connectivity index (χ4n) is 2.71. The summed E-state index contributed by atoms with van der Waals surface area (Å²) in [6.45, 7) is 4.77. The van der Waals surface area contributed by atoms with Gasteiger partial charge >= 0.3 is 6.01 Å². The summed E-state index contributed by atoms with van der Waals surface area (Å²) in [5, 5.41) is 0. The summed E-state index contributed by atoms with van der Waals surface area (Å²) < 4.78 is 32.8. The number of sulfonamides is 1. The van der Waals surface area contributed by atoms with E-state index >= 15 is 0 Å². The van der Waals surface area contributed by atoms with Crippen molar-refractivity contribution in [3.8, 4) is 6.01 Å². The SMILES string of the molecule is Cc1ccc(S(=O)(=O)N2CCC(Oc3ncccn3)CC2)cc1C. The smallest absolute Gasteiger partial charge is 0.316 e. The van der Waals surface area contributed by atoms with Gasteiger partial charge in [-0.15, -0.1) is 0 Å². The normalized spacial score (nSPS) is 16.9. The van der Waals surface area contributed by atoms with E-state index in [4.69, 9.17) is 4.74 Å². The first-order chi connectivity index (χ1) is 11.5. The van der Waals surface area contributed by atoms with Crippen molar-refractivity contribution in [2.45, 2.75) is 37.7 Å². The number of nitrogens with zero attached hydrogens (tertiary/aromatic N) is 3. The van der Waals surface area contributed by atoms with Gasteiger partial charge in [-0.05, 0) is 56.0 Å². The molecule has 0 aliphatic carbocycles. The number of aromatic nitrogens is 2. The highest BCUT2D eigenvalue weighted by Gasteiger charge is 2.30. The van der Waals surface area contributed by atoms with Crippen molar-refractivity contribution in [3.63, 3.8) is 0 Å². The lowest BCUT2D eigenvalue weighted by atomic mass is 10.1. The highest BCUT2D eigenvalue weighted by atomic mass is 32.2. The van der Waals surface area contributed by atoms with Crippen molar-refractivity contribution < 1.29 is 13.2 Å². The molecule has 24 heavy (non-hydrogen) atoms. The summed E-state index contributed by atoms with van der Waals surface area (Å²) in [7, 11) is -3.45. The average molecular weight is 347 g/mol. The van der Waals surface area contributed by atoms with E-state index in [-0.39, 0.29) is 6.10 Å². The van der Waals surface area contributed by atoms with Crippen LogP contribution in [0.25, 0.3) is 0 Å². The molecule has 0 bridgehead atoms. The fraction of sp³-hybridized carbons (Fsp3) is 0.412. The molecule has 0 saturated carbocycles. The van der Waals surface area contributed by atoms with Gasteiger partial charge in [0.25, 0.3) is 0 Å². The van der Waals surface area contributed by atoms with Crippen LogP contribution in [-0.4, -0.2) is 41.9 Å². The highest BCUT2D eigenvalue weighted by Crippen LogP contribution is 2.24. The predicted molar refractivity (Wildman–Crippen MR) is 90.4 cm³/mol. The van der Waals surface area contributed by atoms with Gasteiger partial charge in [0.15, 0.2) is 0 Å². The maximum absolute atomic E-state index is 12.8. The quantitative estimate of drug-likeness (QED) is 0.849. The molecule has 6 nitrogen and oxygen atoms in total. The first-order valence-electron chi connectivity index (χ1n) is 7.98. The fourth-order valence-corrected chi connectivity index (χ4v) is 4.26. The summed E-state index contributed by atoms with van der Waals surface area (Å²) in [6.07, 6.45) is 4.45. The van der Waals surface area contributed by atoms with Crippen LogP contribution < -0.4 is 4.74 Å². The minimum atomic E-state index is -3.45. The Morgan fingerprint density at radius 1 is 1.08 bits per heavy atom. The van der Waals surface area contributed by atoms with E-state index in [2.05, 4.69) is 9.97 Å². The first kappa shape index (κ1) is 16.9. The number of ether oxygens (including phenoxy) is 1. The topological polar surface area (TPSA) is 72.4 Å². The number of benzene rings is 1. The number of rotatable bonds is 4. The monoisotopic (exact) mass is 347 g/mol. The molecule has 7 heteroatoms. The Hall–Kier alpha value is -1.99. The third-order valence-electron chi connectivity index (χ3n) is 4.33. The van der Waals surface area contributed by atoms with Gasteiger partial charge in [0.2, 0.25) is 10.0 Å². The van der Waals surface area contributed by atoms with Gasteiger partial charge in [0, 0.05) is 25.5 Å². The molecule has 1 aromatic heterocycles. The van der Waals surface area contributed by atoms with Crippen molar-refractivity contribution >= 4 is 10.0 Å². The number of hydrogen-bond acceptors (Lipinski definition) is 5. The van der Waals surface area contributed by atoms with E-state index in [1.165, 1.54) is 4.31 Å². The van der Waals surface area contributed by atoms with Crippen molar-refractivity contribution in [2.24, 2.45) is 0 Å². The van der Waals surface area contributed by atoms with Gasteiger partial charge in [-0.2, -0.15) is 4.31 Å². The molecule has 1 aromatic carbocycles. The third-order valence-corrected chi connectivity index (χ3v) is 6.23. The molecule has 0 unspecified atom stereocenters. The summed E-state index contributed by atoms with van der Waals surface area (Å²) in [5.74, 6) is 0. The van der Waals surface area contributed by atoms with Crippen LogP contribution in [0, 0.1) is 13.8 Å². The summed E-state index contributed by atoms with van der Waals surface area (Å²) >= 11 is 0. The number of aryl methyl sites for hydroxylation is 2. The molecule has 1 aliphatic heterocycles. The lowest BCUT2D eigenvalue weighted by molar-refractivity contribution is 0.124. The van der Waals surface area contributed by atoms with E-state index in [0.29, 0.717) is 36.8 Å². The van der Waals surface area contributed by atoms with Crippen LogP contribution in [-0.2, 0) is 10.0 Å². The minimum absolute atomic E-state index is 0.0568. The van der Waals surface area contributed by atoms with Crippen molar-refractivity contribution in [1.82, 2.24) is 14.3 Å². The lowest BCUT2D eigenvalue weighted by Crippen LogP contribution is -2.41. The summed E-state index contributed by atoms with van der Waals surface area (Å²) in [6, 6.07) is 7.34. The zero-order chi connectivity index (χ0) is 17.2. The first-order valence-corrected chi connectivity index (χ1v) is 9.42. The average Bonchev–Trinajstić information content (AvgIpc) is 2.58. The Bertz CT molecular complexity index is 801. The van der Waals surface area contributed by atoms with Crippen LogP contribution in [0.5, 0.6) is 6.01 Å². The molecule has 128 valence electrons. The molecule has 1 saturated heterocycles. The second-order valence-corrected chi connectivity index (χ2v) is 7.94. The van der Waals surface area contributed by atoms with Crippen molar-refractivity contribution in [2.75, 3.05) is 13.1 Å². The number of piperidine rings is 1. The van der Waals surface area contributed by atoms with Crippen LogP contribution in [0.15, 0.2) is 41.6 Å². The zero-order valence-electron chi connectivity index (χ0n) is 13.8. The Balaban J connectivity index is 1.66. The molecule has 1 aliphatic rings. The molecule has 0 N–H and O–H groups in total. The second kappa shape index (κ2) is 6.86. The van der Waals surface area contributed by atoms with Crippen LogP contribution in [0.3, 0.4) is 0 Å². The molecule has 0 spiro atoms. The maximum Gasteiger partial charge on any atom is 0.316 e. The van der Waals surface area contributed by atoms with E-state index in [0.717, 1.165) is 11.1 Å². The van der Waals surface area contributed by atoms with Gasteiger partial charge in [-0.25, -0.2) is 18.4 Å². The second-order valence-electron chi connectivity index (χ2n) is 6.00. The minimum Gasteiger partial charge on any atom is -0.460 e. The van der Waals surface area contributed by atoms with Crippen LogP contribution in [0.1, 0.15) is 24.0 Å². The largest absolute Gasteiger partial charge is 0.460 e. The van der Waals surface area contributed by atoms with Gasteiger partial charge in [0.05, 0.1) is 4.90 Å². The van der Waals surface area contributed by atoms with Gasteiger partial charge in [-0.3, -0.25) is 0 Å². The van der Waals surface area contributed by atoms with E-state index in [1.54, 1.807) is 30.6 Å². The van der Waals surface area contributed by atoms with E-state index in [9.17, 15) is 8.42 Å². The highest BCUT2D eigenvalue weighted by molar-refractivity contribution is 7.89. The molecule has 2 heterocycles. The molecule has 3 rings (SSSR count). The van der Waals surface area contributed by atoms with E-state index < -0.39 is 10.0 Å². The molecular formula is C17H21N3O3S. The van der Waals surface area contributed by atoms with Crippen LogP contribution in [0.4, 0.5) is 0 Å². The summed E-state index contributed by atoms with van der Waals surface area (Å²) in [5.41, 5.74) is 2.07. The molecule has 2 aromatic rings. The van der Waals surface area contributed by atoms with Crippen molar-refractivity contribution in [1.29, 1.82) is 0 Å². The maximum atomic E-state index is 12.8. The van der Waals surface area contributed by atoms with Gasteiger partial charge < -0.3 is 4.74 Å². The van der Waals surface area contributed by atoms with E-state index in [1.807, 2.05) is 19.9 Å². The molecule has 1 fully saturated rings. The lowest BCUT2D eigenvalue weighted by Gasteiger charge is -2.31. The third kappa shape index (κ3) is 3.57. The molecule has 0 radical (unpaired) electrons. The molecular weight excluding hydrogens is 326 g/mol. The van der Waals surface area contributed by atoms with Crippen LogP contribution in [0.2, 0.25) is 0 Å². The van der Waals surface area contributed by atoms with Crippen LogP contribution >= 0.6 is 0 Å². The Morgan fingerprint density at radius 3 is 2.38 bits per heavy atom. The Labute approximate surface area is 142 Å². The Morgan fingerprint density at radius 2 is 1.75 bits per heavy atom. The van der Waals surface area contributed by atoms with Gasteiger partial charge in [0.1, 0.15) is 6.10 Å². The standard InChI is InChI=1S/C17H21N3O3S/c1-13-4-5-16(12-14(13)2)24(21,22)20-10-6-15(7-11-20)23-17-18-8-3-9-19-17/h3-5,8-9,12,15H,6-7,10-11H2,1-2H3. The summed E-state index contributed by atoms with van der Waals surface area (Å²) in [4.78, 5) is 8.44. The Kier molecular flexibility index (Phi) is 4.82. The predicted octanol–water partition coefficient (Wildman–Crippen LogP) is 2.33. The number of hydrogen-bond donors (Lipinski definition) is 0. The molecule has 0 atom stereocenters. The van der Waals surface area contributed by atoms with Gasteiger partial charge in [-0.1, -0.05) is 6.07 Å². The van der Waals surface area contributed by atoms with Crippen molar-refractivity contribution in [3.05, 3.63) is 47.8 Å². The zero-order valence-corrected chi connectivity index (χ0v) is 14.7. The molecule has 0 amide bonds.